The Morgan fingerprint density at radius 3 is 2.86 bits per heavy atom. The lowest BCUT2D eigenvalue weighted by atomic mass is 9.86. The van der Waals surface area contributed by atoms with Gasteiger partial charge in [0, 0.05) is 29.5 Å². The highest BCUT2D eigenvalue weighted by molar-refractivity contribution is 7.99. The maximum Gasteiger partial charge on any atom is 0.220 e. The Morgan fingerprint density at radius 1 is 1.33 bits per heavy atom. The van der Waals surface area contributed by atoms with Crippen LogP contribution in [0.2, 0.25) is 0 Å². The average molecular weight is 311 g/mol. The van der Waals surface area contributed by atoms with Crippen LogP contribution in [0.1, 0.15) is 32.1 Å². The molecule has 3 nitrogen and oxygen atoms in total. The molecule has 0 heterocycles. The maximum atomic E-state index is 13.4. The first kappa shape index (κ1) is 16.3. The van der Waals surface area contributed by atoms with Gasteiger partial charge in [-0.2, -0.15) is 0 Å². The van der Waals surface area contributed by atoms with Crippen LogP contribution in [0.25, 0.3) is 0 Å². The summed E-state index contributed by atoms with van der Waals surface area (Å²) in [6.07, 6.45) is 4.09. The molecule has 2 N–H and O–H groups in total. The monoisotopic (exact) mass is 311 g/mol. The second-order valence-electron chi connectivity index (χ2n) is 5.44. The Labute approximate surface area is 129 Å². The summed E-state index contributed by atoms with van der Waals surface area (Å²) in [4.78, 5) is 12.3. The van der Waals surface area contributed by atoms with E-state index in [1.165, 1.54) is 17.8 Å². The van der Waals surface area contributed by atoms with Crippen molar-refractivity contribution in [3.63, 3.8) is 0 Å². The summed E-state index contributed by atoms with van der Waals surface area (Å²) in [6.45, 7) is 0.546. The lowest BCUT2D eigenvalue weighted by Gasteiger charge is -2.27. The minimum Gasteiger partial charge on any atom is -0.393 e. The molecule has 2 rings (SSSR count). The molecular weight excluding hydrogens is 289 g/mol. The fraction of sp³-hybridized carbons (Fsp3) is 0.562. The van der Waals surface area contributed by atoms with Crippen molar-refractivity contribution in [2.24, 2.45) is 5.92 Å². The average Bonchev–Trinajstić information content (AvgIpc) is 2.48. The highest BCUT2D eigenvalue weighted by atomic mass is 32.2. The largest absolute Gasteiger partial charge is 0.393 e. The van der Waals surface area contributed by atoms with Crippen LogP contribution in [-0.4, -0.2) is 29.4 Å². The van der Waals surface area contributed by atoms with E-state index in [0.717, 1.165) is 25.7 Å². The molecule has 0 aromatic heterocycles. The zero-order valence-electron chi connectivity index (χ0n) is 12.1. The molecule has 2 atom stereocenters. The number of aliphatic hydroxyl groups excluding tert-OH is 1. The standard InChI is InChI=1S/C16H22FNO2S/c17-13-6-2-4-8-15(13)21-10-9-16(20)18-11-12-5-1-3-7-14(12)19/h2,4,6,8,12,14,19H,1,3,5,7,9-11H2,(H,18,20). The molecular formula is C16H22FNO2S. The molecule has 0 aliphatic heterocycles. The summed E-state index contributed by atoms with van der Waals surface area (Å²) in [5.74, 6) is 0.465. The van der Waals surface area contributed by atoms with Gasteiger partial charge in [-0.1, -0.05) is 25.0 Å². The summed E-state index contributed by atoms with van der Waals surface area (Å²) >= 11 is 1.35. The van der Waals surface area contributed by atoms with Crippen molar-refractivity contribution in [3.8, 4) is 0 Å². The van der Waals surface area contributed by atoms with Crippen molar-refractivity contribution in [3.05, 3.63) is 30.1 Å². The zero-order valence-corrected chi connectivity index (χ0v) is 12.9. The molecule has 1 saturated carbocycles. The van der Waals surface area contributed by atoms with Crippen LogP contribution in [0, 0.1) is 11.7 Å². The number of aliphatic hydroxyl groups is 1. The van der Waals surface area contributed by atoms with Crippen molar-refractivity contribution in [2.45, 2.75) is 43.1 Å². The molecule has 1 aromatic carbocycles. The first-order valence-electron chi connectivity index (χ1n) is 7.49. The van der Waals surface area contributed by atoms with Crippen LogP contribution < -0.4 is 5.32 Å². The molecule has 0 radical (unpaired) electrons. The van der Waals surface area contributed by atoms with Crippen molar-refractivity contribution >= 4 is 17.7 Å². The molecule has 1 amide bonds. The van der Waals surface area contributed by atoms with Gasteiger partial charge in [0.25, 0.3) is 0 Å². The van der Waals surface area contributed by atoms with Gasteiger partial charge < -0.3 is 10.4 Å². The summed E-state index contributed by atoms with van der Waals surface area (Å²) in [5, 5.41) is 12.7. The fourth-order valence-corrected chi connectivity index (χ4v) is 3.46. The molecule has 21 heavy (non-hydrogen) atoms. The first-order chi connectivity index (χ1) is 10.2. The zero-order chi connectivity index (χ0) is 15.1. The molecule has 2 unspecified atom stereocenters. The van der Waals surface area contributed by atoms with E-state index >= 15 is 0 Å². The van der Waals surface area contributed by atoms with Crippen LogP contribution in [0.4, 0.5) is 4.39 Å². The van der Waals surface area contributed by atoms with Gasteiger partial charge in [-0.05, 0) is 25.0 Å². The van der Waals surface area contributed by atoms with E-state index in [4.69, 9.17) is 0 Å². The third kappa shape index (κ3) is 5.32. The number of carbonyl (C=O) groups is 1. The minimum atomic E-state index is -0.285. The molecule has 0 spiro atoms. The van der Waals surface area contributed by atoms with Gasteiger partial charge in [0.2, 0.25) is 5.91 Å². The number of thioether (sulfide) groups is 1. The second kappa shape index (κ2) is 8.39. The van der Waals surface area contributed by atoms with Crippen LogP contribution in [0.15, 0.2) is 29.2 Å². The van der Waals surface area contributed by atoms with E-state index < -0.39 is 0 Å². The van der Waals surface area contributed by atoms with Gasteiger partial charge >= 0.3 is 0 Å². The Balaban J connectivity index is 1.64. The molecule has 5 heteroatoms. The van der Waals surface area contributed by atoms with E-state index in [0.29, 0.717) is 23.6 Å². The van der Waals surface area contributed by atoms with E-state index in [9.17, 15) is 14.3 Å². The molecule has 116 valence electrons. The van der Waals surface area contributed by atoms with Gasteiger partial charge in [-0.15, -0.1) is 11.8 Å². The summed E-state index contributed by atoms with van der Waals surface area (Å²) in [7, 11) is 0. The predicted molar refractivity (Wildman–Crippen MR) is 82.7 cm³/mol. The number of carbonyl (C=O) groups excluding carboxylic acids is 1. The van der Waals surface area contributed by atoms with E-state index in [1.54, 1.807) is 18.2 Å². The number of hydrogen-bond donors (Lipinski definition) is 2. The summed E-state index contributed by atoms with van der Waals surface area (Å²) in [5.41, 5.74) is 0. The van der Waals surface area contributed by atoms with Crippen molar-refractivity contribution in [1.29, 1.82) is 0 Å². The lowest BCUT2D eigenvalue weighted by Crippen LogP contribution is -2.36. The molecule has 1 aromatic rings. The van der Waals surface area contributed by atoms with E-state index in [1.807, 2.05) is 0 Å². The number of nitrogens with one attached hydrogen (secondary N) is 1. The minimum absolute atomic E-state index is 0.0309. The highest BCUT2D eigenvalue weighted by Gasteiger charge is 2.23. The van der Waals surface area contributed by atoms with Crippen LogP contribution in [0.5, 0.6) is 0 Å². The van der Waals surface area contributed by atoms with Gasteiger partial charge in [0.05, 0.1) is 6.10 Å². The Hall–Kier alpha value is -1.07. The number of benzene rings is 1. The Bertz CT molecular complexity index is 469. The number of amides is 1. The van der Waals surface area contributed by atoms with Crippen molar-refractivity contribution in [2.75, 3.05) is 12.3 Å². The number of halogens is 1. The smallest absolute Gasteiger partial charge is 0.220 e. The van der Waals surface area contributed by atoms with Gasteiger partial charge in [0.1, 0.15) is 5.82 Å². The van der Waals surface area contributed by atoms with Crippen LogP contribution in [-0.2, 0) is 4.79 Å². The van der Waals surface area contributed by atoms with Crippen molar-refractivity contribution < 1.29 is 14.3 Å². The molecule has 0 saturated heterocycles. The molecule has 0 bridgehead atoms. The van der Waals surface area contributed by atoms with Crippen LogP contribution >= 0.6 is 11.8 Å². The number of rotatable bonds is 6. The second-order valence-corrected chi connectivity index (χ2v) is 6.58. The van der Waals surface area contributed by atoms with E-state index in [2.05, 4.69) is 5.32 Å². The Morgan fingerprint density at radius 2 is 2.10 bits per heavy atom. The Kier molecular flexibility index (Phi) is 6.51. The summed E-state index contributed by atoms with van der Waals surface area (Å²) in [6, 6.07) is 6.58. The quantitative estimate of drug-likeness (QED) is 0.794. The topological polar surface area (TPSA) is 49.3 Å². The maximum absolute atomic E-state index is 13.4. The number of hydrogen-bond acceptors (Lipinski definition) is 3. The van der Waals surface area contributed by atoms with Crippen LogP contribution in [0.3, 0.4) is 0 Å². The summed E-state index contributed by atoms with van der Waals surface area (Å²) < 4.78 is 13.4. The third-order valence-corrected chi connectivity index (χ3v) is 4.90. The SMILES string of the molecule is O=C(CCSc1ccccc1F)NCC1CCCCC1O. The first-order valence-corrected chi connectivity index (χ1v) is 8.47. The molecule has 1 aliphatic rings. The molecule has 1 aliphatic carbocycles. The normalized spacial score (nSPS) is 22.0. The van der Waals surface area contributed by atoms with Gasteiger partial charge in [-0.3, -0.25) is 4.79 Å². The molecule has 1 fully saturated rings. The predicted octanol–water partition coefficient (Wildman–Crippen LogP) is 2.98. The fourth-order valence-electron chi connectivity index (χ4n) is 2.57. The van der Waals surface area contributed by atoms with E-state index in [-0.39, 0.29) is 23.7 Å². The third-order valence-electron chi connectivity index (χ3n) is 3.85. The lowest BCUT2D eigenvalue weighted by molar-refractivity contribution is -0.121. The van der Waals surface area contributed by atoms with Gasteiger partial charge in [-0.25, -0.2) is 4.39 Å². The highest BCUT2D eigenvalue weighted by Crippen LogP contribution is 2.24. The van der Waals surface area contributed by atoms with Gasteiger partial charge in [0.15, 0.2) is 0 Å². The van der Waals surface area contributed by atoms with Crippen molar-refractivity contribution in [1.82, 2.24) is 5.32 Å².